The molecule has 0 unspecified atom stereocenters. The van der Waals surface area contributed by atoms with Crippen molar-refractivity contribution in [2.45, 2.75) is 84.1 Å². The van der Waals surface area contributed by atoms with E-state index in [1.165, 1.54) is 44.9 Å². The van der Waals surface area contributed by atoms with E-state index < -0.39 is 18.0 Å². The number of nitrogens with one attached hydrogen (secondary N) is 1. The number of hydrogen-bond donors (Lipinski definition) is 1. The maximum atomic E-state index is 11.4. The second-order valence-electron chi connectivity index (χ2n) is 5.38. The SMILES string of the molecule is CCCCCCCCCCCC(=O)OC(=O)[C@H](C)NC. The number of rotatable bonds is 12. The fraction of sp³-hybridized carbons (Fsp3) is 0.875. The molecule has 4 heteroatoms. The van der Waals surface area contributed by atoms with E-state index in [1.54, 1.807) is 14.0 Å². The molecule has 0 fully saturated rings. The number of likely N-dealkylation sites (N-methyl/N-ethyl adjacent to an activating group) is 1. The third-order valence-electron chi connectivity index (χ3n) is 3.49. The Morgan fingerprint density at radius 3 is 1.95 bits per heavy atom. The predicted molar refractivity (Wildman–Crippen MR) is 81.5 cm³/mol. The quantitative estimate of drug-likeness (QED) is 0.338. The van der Waals surface area contributed by atoms with E-state index in [-0.39, 0.29) is 0 Å². The van der Waals surface area contributed by atoms with Crippen molar-refractivity contribution < 1.29 is 14.3 Å². The molecule has 0 bridgehead atoms. The van der Waals surface area contributed by atoms with Crippen LogP contribution in [-0.2, 0) is 14.3 Å². The molecular formula is C16H31NO3. The van der Waals surface area contributed by atoms with Crippen molar-refractivity contribution >= 4 is 11.9 Å². The highest BCUT2D eigenvalue weighted by Gasteiger charge is 2.15. The van der Waals surface area contributed by atoms with Crippen LogP contribution in [0.1, 0.15) is 78.1 Å². The van der Waals surface area contributed by atoms with Crippen LogP contribution in [0.4, 0.5) is 0 Å². The molecule has 118 valence electrons. The highest BCUT2D eigenvalue weighted by Crippen LogP contribution is 2.10. The van der Waals surface area contributed by atoms with Gasteiger partial charge in [0.2, 0.25) is 0 Å². The van der Waals surface area contributed by atoms with Crippen LogP contribution >= 0.6 is 0 Å². The van der Waals surface area contributed by atoms with Gasteiger partial charge in [-0.2, -0.15) is 0 Å². The molecule has 1 N–H and O–H groups in total. The molecule has 0 saturated carbocycles. The lowest BCUT2D eigenvalue weighted by atomic mass is 10.1. The summed E-state index contributed by atoms with van der Waals surface area (Å²) < 4.78 is 4.73. The molecule has 0 aliphatic carbocycles. The van der Waals surface area contributed by atoms with E-state index in [0.29, 0.717) is 6.42 Å². The summed E-state index contributed by atoms with van der Waals surface area (Å²) in [5.74, 6) is -0.895. The molecule has 0 aliphatic heterocycles. The van der Waals surface area contributed by atoms with Crippen molar-refractivity contribution in [2.24, 2.45) is 0 Å². The summed E-state index contributed by atoms with van der Waals surface area (Å²) in [6.45, 7) is 3.90. The van der Waals surface area contributed by atoms with Gasteiger partial charge in [0.05, 0.1) is 0 Å². The van der Waals surface area contributed by atoms with Crippen LogP contribution in [0.3, 0.4) is 0 Å². The Morgan fingerprint density at radius 2 is 1.45 bits per heavy atom. The first-order valence-electron chi connectivity index (χ1n) is 8.03. The van der Waals surface area contributed by atoms with Crippen LogP contribution in [0.25, 0.3) is 0 Å². The number of esters is 2. The normalized spacial score (nSPS) is 12.2. The van der Waals surface area contributed by atoms with E-state index in [0.717, 1.165) is 12.8 Å². The monoisotopic (exact) mass is 285 g/mol. The Morgan fingerprint density at radius 1 is 0.950 bits per heavy atom. The topological polar surface area (TPSA) is 55.4 Å². The number of carbonyl (C=O) groups is 2. The summed E-state index contributed by atoms with van der Waals surface area (Å²) >= 11 is 0. The molecule has 0 radical (unpaired) electrons. The van der Waals surface area contributed by atoms with Crippen molar-refractivity contribution in [2.75, 3.05) is 7.05 Å². The minimum atomic E-state index is -0.492. The van der Waals surface area contributed by atoms with Gasteiger partial charge in [0.15, 0.2) is 0 Å². The number of ether oxygens (including phenoxy) is 1. The van der Waals surface area contributed by atoms with Crippen LogP contribution < -0.4 is 5.32 Å². The van der Waals surface area contributed by atoms with Crippen molar-refractivity contribution in [1.82, 2.24) is 5.32 Å². The van der Waals surface area contributed by atoms with Gasteiger partial charge >= 0.3 is 11.9 Å². The third kappa shape index (κ3) is 11.0. The van der Waals surface area contributed by atoms with Gasteiger partial charge in [-0.25, -0.2) is 4.79 Å². The zero-order valence-corrected chi connectivity index (χ0v) is 13.4. The van der Waals surface area contributed by atoms with Gasteiger partial charge in [-0.3, -0.25) is 4.79 Å². The van der Waals surface area contributed by atoms with Gasteiger partial charge in [-0.1, -0.05) is 58.3 Å². The molecule has 0 aliphatic rings. The molecule has 0 rings (SSSR count). The first kappa shape index (κ1) is 19.1. The lowest BCUT2D eigenvalue weighted by Crippen LogP contribution is -2.33. The molecule has 0 spiro atoms. The van der Waals surface area contributed by atoms with Crippen molar-refractivity contribution in [3.05, 3.63) is 0 Å². The second-order valence-corrected chi connectivity index (χ2v) is 5.38. The van der Waals surface area contributed by atoms with Crippen molar-refractivity contribution in [1.29, 1.82) is 0 Å². The van der Waals surface area contributed by atoms with Gasteiger partial charge < -0.3 is 10.1 Å². The maximum absolute atomic E-state index is 11.4. The summed E-state index contributed by atoms with van der Waals surface area (Å²) in [5.41, 5.74) is 0. The summed E-state index contributed by atoms with van der Waals surface area (Å²) in [6.07, 6.45) is 11.2. The van der Waals surface area contributed by atoms with Gasteiger partial charge in [0.1, 0.15) is 6.04 Å². The highest BCUT2D eigenvalue weighted by atomic mass is 16.6. The van der Waals surface area contributed by atoms with Crippen LogP contribution in [0.5, 0.6) is 0 Å². The molecule has 0 aromatic heterocycles. The smallest absolute Gasteiger partial charge is 0.330 e. The Labute approximate surface area is 123 Å². The molecule has 4 nitrogen and oxygen atoms in total. The molecule has 0 saturated heterocycles. The Balaban J connectivity index is 3.38. The summed E-state index contributed by atoms with van der Waals surface area (Å²) in [6, 6.07) is -0.429. The van der Waals surface area contributed by atoms with Crippen molar-refractivity contribution in [3.63, 3.8) is 0 Å². The van der Waals surface area contributed by atoms with E-state index >= 15 is 0 Å². The summed E-state index contributed by atoms with van der Waals surface area (Å²) in [5, 5.41) is 2.75. The van der Waals surface area contributed by atoms with Crippen molar-refractivity contribution in [3.8, 4) is 0 Å². The molecule has 1 atom stereocenters. The largest absolute Gasteiger partial charge is 0.392 e. The summed E-state index contributed by atoms with van der Waals surface area (Å²) in [7, 11) is 1.66. The van der Waals surface area contributed by atoms with Crippen LogP contribution in [0, 0.1) is 0 Å². The molecule has 0 heterocycles. The maximum Gasteiger partial charge on any atom is 0.330 e. The number of carbonyl (C=O) groups excluding carboxylic acids is 2. The lowest BCUT2D eigenvalue weighted by Gasteiger charge is -2.08. The van der Waals surface area contributed by atoms with Crippen LogP contribution in [-0.4, -0.2) is 25.0 Å². The lowest BCUT2D eigenvalue weighted by molar-refractivity contribution is -0.160. The molecule has 20 heavy (non-hydrogen) atoms. The van der Waals surface area contributed by atoms with Crippen LogP contribution in [0.2, 0.25) is 0 Å². The summed E-state index contributed by atoms with van der Waals surface area (Å²) in [4.78, 5) is 22.7. The molecule has 0 aromatic rings. The van der Waals surface area contributed by atoms with Gasteiger partial charge in [0.25, 0.3) is 0 Å². The predicted octanol–water partition coefficient (Wildman–Crippen LogP) is 3.59. The van der Waals surface area contributed by atoms with Gasteiger partial charge in [-0.05, 0) is 20.4 Å². The van der Waals surface area contributed by atoms with E-state index in [9.17, 15) is 9.59 Å². The number of hydrogen-bond acceptors (Lipinski definition) is 4. The minimum Gasteiger partial charge on any atom is -0.392 e. The van der Waals surface area contributed by atoms with E-state index in [1.807, 2.05) is 0 Å². The molecular weight excluding hydrogens is 254 g/mol. The van der Waals surface area contributed by atoms with E-state index in [2.05, 4.69) is 12.2 Å². The average molecular weight is 285 g/mol. The van der Waals surface area contributed by atoms with Crippen LogP contribution in [0.15, 0.2) is 0 Å². The zero-order valence-electron chi connectivity index (χ0n) is 13.4. The zero-order chi connectivity index (χ0) is 15.2. The molecule has 0 aromatic carbocycles. The highest BCUT2D eigenvalue weighted by molar-refractivity contribution is 5.88. The van der Waals surface area contributed by atoms with Gasteiger partial charge in [0, 0.05) is 6.42 Å². The Bertz CT molecular complexity index is 266. The Kier molecular flexibility index (Phi) is 12.5. The second kappa shape index (κ2) is 13.1. The number of unbranched alkanes of at least 4 members (excludes halogenated alkanes) is 8. The van der Waals surface area contributed by atoms with Gasteiger partial charge in [-0.15, -0.1) is 0 Å². The average Bonchev–Trinajstić information content (AvgIpc) is 2.44. The first-order chi connectivity index (χ1) is 9.61. The standard InChI is InChI=1S/C16H31NO3/c1-4-5-6-7-8-9-10-11-12-13-15(18)20-16(19)14(2)17-3/h14,17H,4-13H2,1-3H3/t14-/m0/s1. The first-order valence-corrected chi connectivity index (χ1v) is 8.03. The molecule has 0 amide bonds. The third-order valence-corrected chi connectivity index (χ3v) is 3.49. The fourth-order valence-corrected chi connectivity index (χ4v) is 1.95. The van der Waals surface area contributed by atoms with E-state index in [4.69, 9.17) is 4.74 Å². The Hall–Kier alpha value is -0.900. The fourth-order valence-electron chi connectivity index (χ4n) is 1.95. The minimum absolute atomic E-state index is 0.345.